The van der Waals surface area contributed by atoms with Gasteiger partial charge in [0.25, 0.3) is 5.91 Å². The first-order valence-electron chi connectivity index (χ1n) is 8.60. The van der Waals surface area contributed by atoms with Gasteiger partial charge in [-0.25, -0.2) is 0 Å². The molecule has 6 nitrogen and oxygen atoms in total. The van der Waals surface area contributed by atoms with Crippen molar-refractivity contribution >= 4 is 23.1 Å². The van der Waals surface area contributed by atoms with Crippen molar-refractivity contribution in [3.05, 3.63) is 77.5 Å². The predicted molar refractivity (Wildman–Crippen MR) is 105 cm³/mol. The summed E-state index contributed by atoms with van der Waals surface area (Å²) in [6.45, 7) is 4.43. The Bertz CT molecular complexity index is 992. The maximum absolute atomic E-state index is 12.8. The van der Waals surface area contributed by atoms with Crippen molar-refractivity contribution in [3.63, 3.8) is 0 Å². The normalized spacial score (nSPS) is 10.1. The standard InChI is InChI=1S/C21H19N5O/c1-3-26(17-9-6-7-15(2)13-17)21(27)19-11-12-20(25-24-19)23-18-10-5-4-8-16(18)14-22/h4-13H,3H2,1-2H3,(H,23,25). The monoisotopic (exact) mass is 357 g/mol. The summed E-state index contributed by atoms with van der Waals surface area (Å²) < 4.78 is 0. The fourth-order valence-electron chi connectivity index (χ4n) is 2.72. The van der Waals surface area contributed by atoms with Crippen molar-refractivity contribution in [1.29, 1.82) is 5.26 Å². The number of hydrogen-bond donors (Lipinski definition) is 1. The Hall–Kier alpha value is -3.72. The van der Waals surface area contributed by atoms with Crippen LogP contribution >= 0.6 is 0 Å². The SMILES string of the molecule is CCN(C(=O)c1ccc(Nc2ccccc2C#N)nn1)c1cccc(C)c1. The van der Waals surface area contributed by atoms with E-state index in [1.54, 1.807) is 35.2 Å². The van der Waals surface area contributed by atoms with Crippen molar-refractivity contribution in [2.45, 2.75) is 13.8 Å². The molecule has 0 aliphatic heterocycles. The second kappa shape index (κ2) is 8.11. The van der Waals surface area contributed by atoms with E-state index in [4.69, 9.17) is 5.26 Å². The van der Waals surface area contributed by atoms with E-state index in [-0.39, 0.29) is 11.6 Å². The number of para-hydroxylation sites is 1. The van der Waals surface area contributed by atoms with E-state index in [0.717, 1.165) is 11.3 Å². The van der Waals surface area contributed by atoms with Gasteiger partial charge in [-0.1, -0.05) is 24.3 Å². The van der Waals surface area contributed by atoms with Crippen LogP contribution in [0, 0.1) is 18.3 Å². The van der Waals surface area contributed by atoms with Crippen LogP contribution < -0.4 is 10.2 Å². The molecule has 0 aliphatic rings. The third-order valence-corrected chi connectivity index (χ3v) is 4.07. The number of nitrogens with zero attached hydrogens (tertiary/aromatic N) is 4. The second-order valence-electron chi connectivity index (χ2n) is 5.97. The van der Waals surface area contributed by atoms with Crippen LogP contribution in [0.4, 0.5) is 17.2 Å². The fraction of sp³-hybridized carbons (Fsp3) is 0.143. The highest BCUT2D eigenvalue weighted by atomic mass is 16.2. The Balaban J connectivity index is 1.80. The van der Waals surface area contributed by atoms with Gasteiger partial charge in [0.05, 0.1) is 11.3 Å². The van der Waals surface area contributed by atoms with Crippen LogP contribution in [0.1, 0.15) is 28.5 Å². The highest BCUT2D eigenvalue weighted by Gasteiger charge is 2.18. The lowest BCUT2D eigenvalue weighted by Crippen LogP contribution is -2.31. The summed E-state index contributed by atoms with van der Waals surface area (Å²) in [6.07, 6.45) is 0. The van der Waals surface area contributed by atoms with Crippen LogP contribution in [0.5, 0.6) is 0 Å². The molecule has 134 valence electrons. The number of benzene rings is 2. The molecule has 0 saturated heterocycles. The van der Waals surface area contributed by atoms with Gasteiger partial charge in [0, 0.05) is 12.2 Å². The smallest absolute Gasteiger partial charge is 0.278 e. The molecule has 1 aromatic heterocycles. The Kier molecular flexibility index (Phi) is 5.43. The van der Waals surface area contributed by atoms with E-state index in [1.807, 2.05) is 44.2 Å². The maximum atomic E-state index is 12.8. The Labute approximate surface area is 158 Å². The summed E-state index contributed by atoms with van der Waals surface area (Å²) in [5, 5.41) is 20.3. The van der Waals surface area contributed by atoms with Gasteiger partial charge in [0.2, 0.25) is 0 Å². The number of aryl methyl sites for hydroxylation is 1. The molecular formula is C21H19N5O. The van der Waals surface area contributed by atoms with Crippen molar-refractivity contribution in [3.8, 4) is 6.07 Å². The number of hydrogen-bond acceptors (Lipinski definition) is 5. The summed E-state index contributed by atoms with van der Waals surface area (Å²) in [5.41, 5.74) is 3.33. The first kappa shape index (κ1) is 18.1. The number of nitrogens with one attached hydrogen (secondary N) is 1. The Morgan fingerprint density at radius 2 is 1.93 bits per heavy atom. The average molecular weight is 357 g/mol. The minimum atomic E-state index is -0.209. The van der Waals surface area contributed by atoms with Gasteiger partial charge in [0.15, 0.2) is 11.5 Å². The lowest BCUT2D eigenvalue weighted by molar-refractivity contribution is 0.0982. The number of nitriles is 1. The highest BCUT2D eigenvalue weighted by molar-refractivity contribution is 6.04. The number of anilines is 3. The molecule has 0 aliphatic carbocycles. The van der Waals surface area contributed by atoms with Crippen LogP contribution in [0.2, 0.25) is 0 Å². The predicted octanol–water partition coefficient (Wildman–Crippen LogP) is 4.07. The number of rotatable bonds is 5. The summed E-state index contributed by atoms with van der Waals surface area (Å²) in [4.78, 5) is 14.5. The molecule has 0 saturated carbocycles. The zero-order chi connectivity index (χ0) is 19.2. The topological polar surface area (TPSA) is 81.9 Å². The molecule has 0 fully saturated rings. The molecule has 0 spiro atoms. The van der Waals surface area contributed by atoms with E-state index in [1.165, 1.54) is 0 Å². The minimum Gasteiger partial charge on any atom is -0.338 e. The molecule has 0 unspecified atom stereocenters. The summed E-state index contributed by atoms with van der Waals surface area (Å²) >= 11 is 0. The first-order valence-corrected chi connectivity index (χ1v) is 8.60. The number of carbonyl (C=O) groups is 1. The van der Waals surface area contributed by atoms with Gasteiger partial charge in [-0.2, -0.15) is 5.26 Å². The van der Waals surface area contributed by atoms with Crippen LogP contribution in [0.25, 0.3) is 0 Å². The van der Waals surface area contributed by atoms with Crippen molar-refractivity contribution in [1.82, 2.24) is 10.2 Å². The van der Waals surface area contributed by atoms with Crippen molar-refractivity contribution in [2.24, 2.45) is 0 Å². The van der Waals surface area contributed by atoms with E-state index in [9.17, 15) is 4.79 Å². The summed E-state index contributed by atoms with van der Waals surface area (Å²) in [7, 11) is 0. The number of carbonyl (C=O) groups excluding carboxylic acids is 1. The molecule has 27 heavy (non-hydrogen) atoms. The van der Waals surface area contributed by atoms with Gasteiger partial charge >= 0.3 is 0 Å². The molecule has 0 atom stereocenters. The van der Waals surface area contributed by atoms with Crippen molar-refractivity contribution < 1.29 is 4.79 Å². The highest BCUT2D eigenvalue weighted by Crippen LogP contribution is 2.20. The Morgan fingerprint density at radius 3 is 2.59 bits per heavy atom. The van der Waals surface area contributed by atoms with E-state index >= 15 is 0 Å². The molecule has 2 aromatic carbocycles. The molecule has 6 heteroatoms. The quantitative estimate of drug-likeness (QED) is 0.744. The van der Waals surface area contributed by atoms with Gasteiger partial charge in [-0.3, -0.25) is 4.79 Å². The number of amides is 1. The molecule has 1 N–H and O–H groups in total. The third kappa shape index (κ3) is 4.10. The second-order valence-corrected chi connectivity index (χ2v) is 5.97. The van der Waals surface area contributed by atoms with Gasteiger partial charge in [-0.15, -0.1) is 10.2 Å². The van der Waals surface area contributed by atoms with E-state index < -0.39 is 0 Å². The lowest BCUT2D eigenvalue weighted by atomic mass is 10.2. The van der Waals surface area contributed by atoms with Crippen LogP contribution in [-0.2, 0) is 0 Å². The average Bonchev–Trinajstić information content (AvgIpc) is 2.69. The van der Waals surface area contributed by atoms with Gasteiger partial charge in [0.1, 0.15) is 6.07 Å². The fourth-order valence-corrected chi connectivity index (χ4v) is 2.72. The maximum Gasteiger partial charge on any atom is 0.278 e. The van der Waals surface area contributed by atoms with Crippen LogP contribution in [0.15, 0.2) is 60.7 Å². The molecule has 0 bridgehead atoms. The van der Waals surface area contributed by atoms with Crippen LogP contribution in [0.3, 0.4) is 0 Å². The molecule has 3 rings (SSSR count). The largest absolute Gasteiger partial charge is 0.338 e. The van der Waals surface area contributed by atoms with Crippen molar-refractivity contribution in [2.75, 3.05) is 16.8 Å². The molecule has 3 aromatic rings. The third-order valence-electron chi connectivity index (χ3n) is 4.07. The Morgan fingerprint density at radius 1 is 1.11 bits per heavy atom. The summed E-state index contributed by atoms with van der Waals surface area (Å²) in [5.74, 6) is 0.257. The molecule has 1 amide bonds. The summed E-state index contributed by atoms with van der Waals surface area (Å²) in [6, 6.07) is 20.3. The number of aromatic nitrogens is 2. The van der Waals surface area contributed by atoms with E-state index in [2.05, 4.69) is 21.6 Å². The molecule has 0 radical (unpaired) electrons. The zero-order valence-corrected chi connectivity index (χ0v) is 15.2. The van der Waals surface area contributed by atoms with Gasteiger partial charge in [-0.05, 0) is 55.8 Å². The first-order chi connectivity index (χ1) is 13.1. The van der Waals surface area contributed by atoms with E-state index in [0.29, 0.717) is 23.6 Å². The molecule has 1 heterocycles. The molecular weight excluding hydrogens is 338 g/mol. The lowest BCUT2D eigenvalue weighted by Gasteiger charge is -2.21. The van der Waals surface area contributed by atoms with Crippen LogP contribution in [-0.4, -0.2) is 22.6 Å². The van der Waals surface area contributed by atoms with Gasteiger partial charge < -0.3 is 10.2 Å². The zero-order valence-electron chi connectivity index (χ0n) is 15.2. The minimum absolute atomic E-state index is 0.209.